The van der Waals surface area contributed by atoms with Crippen molar-refractivity contribution in [2.45, 2.75) is 32.5 Å². The molecule has 1 aliphatic heterocycles. The second-order valence-corrected chi connectivity index (χ2v) is 8.33. The lowest BCUT2D eigenvalue weighted by atomic mass is 10.1. The molecule has 3 rings (SSSR count). The topological polar surface area (TPSA) is 50.6 Å². The molecule has 1 fully saturated rings. The van der Waals surface area contributed by atoms with Gasteiger partial charge in [0.05, 0.1) is 22.8 Å². The summed E-state index contributed by atoms with van der Waals surface area (Å²) in [6.07, 6.45) is -4.70. The zero-order valence-electron chi connectivity index (χ0n) is 17.3. The largest absolute Gasteiger partial charge is 0.495 e. The average Bonchev–Trinajstić information content (AvgIpc) is 3.04. The quantitative estimate of drug-likeness (QED) is 0.625. The van der Waals surface area contributed by atoms with E-state index in [0.717, 1.165) is 5.69 Å². The lowest BCUT2D eigenvalue weighted by molar-refractivity contribution is -0.145. The Morgan fingerprint density at radius 2 is 1.84 bits per heavy atom. The maximum Gasteiger partial charge on any atom is 0.434 e. The smallest absolute Gasteiger partial charge is 0.434 e. The molecule has 0 spiro atoms. The van der Waals surface area contributed by atoms with E-state index in [1.807, 2.05) is 12.1 Å². The van der Waals surface area contributed by atoms with E-state index in [-0.39, 0.29) is 11.6 Å². The fourth-order valence-corrected chi connectivity index (χ4v) is 4.16. The van der Waals surface area contributed by atoms with Gasteiger partial charge < -0.3 is 14.5 Å². The van der Waals surface area contributed by atoms with Crippen LogP contribution in [-0.4, -0.2) is 53.9 Å². The van der Waals surface area contributed by atoms with Gasteiger partial charge in [0.1, 0.15) is 12.3 Å². The number of halogens is 5. The van der Waals surface area contributed by atoms with Crippen LogP contribution in [0.5, 0.6) is 5.75 Å². The van der Waals surface area contributed by atoms with E-state index in [4.69, 9.17) is 27.9 Å². The first kappa shape index (κ1) is 23.5. The molecule has 1 saturated heterocycles. The normalized spacial score (nSPS) is 15.0. The number of rotatable bonds is 5. The van der Waals surface area contributed by atoms with Gasteiger partial charge in [-0.15, -0.1) is 0 Å². The molecule has 170 valence electrons. The van der Waals surface area contributed by atoms with Gasteiger partial charge in [-0.25, -0.2) is 4.68 Å². The zero-order valence-corrected chi connectivity index (χ0v) is 18.9. The Hall–Kier alpha value is -2.13. The third-order valence-corrected chi connectivity index (χ3v) is 5.84. The van der Waals surface area contributed by atoms with Crippen LogP contribution in [-0.2, 0) is 17.5 Å². The number of amides is 1. The lowest BCUT2D eigenvalue weighted by Gasteiger charge is -2.36. The van der Waals surface area contributed by atoms with Gasteiger partial charge >= 0.3 is 6.18 Å². The summed E-state index contributed by atoms with van der Waals surface area (Å²) < 4.78 is 46.4. The minimum atomic E-state index is -4.70. The van der Waals surface area contributed by atoms with E-state index in [2.05, 4.69) is 10.00 Å². The van der Waals surface area contributed by atoms with E-state index >= 15 is 0 Å². The molecule has 2 heterocycles. The van der Waals surface area contributed by atoms with Crippen LogP contribution in [0.15, 0.2) is 18.2 Å². The summed E-state index contributed by atoms with van der Waals surface area (Å²) in [5, 5.41) is 4.03. The minimum Gasteiger partial charge on any atom is -0.495 e. The molecule has 1 aromatic carbocycles. The number of carbonyl (C=O) groups is 1. The van der Waals surface area contributed by atoms with Crippen molar-refractivity contribution >= 4 is 34.8 Å². The maximum atomic E-state index is 13.5. The highest BCUT2D eigenvalue weighted by Crippen LogP contribution is 2.38. The molecule has 1 aromatic heterocycles. The van der Waals surface area contributed by atoms with Gasteiger partial charge in [0.15, 0.2) is 5.69 Å². The van der Waals surface area contributed by atoms with Gasteiger partial charge in [-0.3, -0.25) is 4.79 Å². The first-order valence-corrected chi connectivity index (χ1v) is 10.5. The number of ether oxygens (including phenoxy) is 1. The average molecular weight is 479 g/mol. The zero-order chi connectivity index (χ0) is 22.9. The van der Waals surface area contributed by atoms with Crippen LogP contribution >= 0.6 is 23.2 Å². The van der Waals surface area contributed by atoms with Crippen LogP contribution < -0.4 is 9.64 Å². The molecular weight excluding hydrogens is 456 g/mol. The fraction of sp³-hybridized carbons (Fsp3) is 0.500. The lowest BCUT2D eigenvalue weighted by Crippen LogP contribution is -2.49. The minimum absolute atomic E-state index is 0.128. The number of piperazine rings is 1. The van der Waals surface area contributed by atoms with Gasteiger partial charge in [0.2, 0.25) is 5.91 Å². The number of aromatic nitrogens is 2. The Morgan fingerprint density at radius 3 is 2.39 bits per heavy atom. The van der Waals surface area contributed by atoms with E-state index in [1.165, 1.54) is 12.0 Å². The number of hydrogen-bond acceptors (Lipinski definition) is 4. The SMILES string of the molecule is COc1cc(N2CCN(C(=O)Cn3nc(C(C)C)c(Cl)c3C(F)(F)F)CC2)ccc1Cl. The highest BCUT2D eigenvalue weighted by molar-refractivity contribution is 6.32. The predicted molar refractivity (Wildman–Crippen MR) is 113 cm³/mol. The van der Waals surface area contributed by atoms with Crippen molar-refractivity contribution in [3.63, 3.8) is 0 Å². The second-order valence-electron chi connectivity index (χ2n) is 7.54. The van der Waals surface area contributed by atoms with Crippen molar-refractivity contribution in [3.8, 4) is 5.75 Å². The third-order valence-electron chi connectivity index (χ3n) is 5.15. The number of carbonyl (C=O) groups excluding carboxylic acids is 1. The molecule has 0 radical (unpaired) electrons. The number of alkyl halides is 3. The second kappa shape index (κ2) is 9.16. The molecule has 1 aliphatic rings. The summed E-state index contributed by atoms with van der Waals surface area (Å²) in [6.45, 7) is 4.68. The Morgan fingerprint density at radius 1 is 1.19 bits per heavy atom. The molecule has 0 bridgehead atoms. The molecule has 6 nitrogen and oxygen atoms in total. The van der Waals surface area contributed by atoms with E-state index < -0.39 is 29.3 Å². The van der Waals surface area contributed by atoms with Crippen LogP contribution in [0, 0.1) is 0 Å². The fourth-order valence-electron chi connectivity index (χ4n) is 3.50. The van der Waals surface area contributed by atoms with Crippen LogP contribution in [0.4, 0.5) is 18.9 Å². The molecule has 11 heteroatoms. The summed E-state index contributed by atoms with van der Waals surface area (Å²) in [6, 6.07) is 5.41. The van der Waals surface area contributed by atoms with Crippen LogP contribution in [0.25, 0.3) is 0 Å². The van der Waals surface area contributed by atoms with Crippen molar-refractivity contribution in [2.75, 3.05) is 38.2 Å². The summed E-state index contributed by atoms with van der Waals surface area (Å²) >= 11 is 12.0. The summed E-state index contributed by atoms with van der Waals surface area (Å²) in [5.41, 5.74) is -0.0606. The highest BCUT2D eigenvalue weighted by Gasteiger charge is 2.40. The van der Waals surface area contributed by atoms with Gasteiger partial charge in [0, 0.05) is 37.9 Å². The molecule has 0 N–H and O–H groups in total. The van der Waals surface area contributed by atoms with Crippen LogP contribution in [0.3, 0.4) is 0 Å². The van der Waals surface area contributed by atoms with Crippen molar-refractivity contribution in [3.05, 3.63) is 39.6 Å². The third kappa shape index (κ3) is 5.03. The summed E-state index contributed by atoms with van der Waals surface area (Å²) in [4.78, 5) is 16.3. The Balaban J connectivity index is 1.70. The van der Waals surface area contributed by atoms with Crippen molar-refractivity contribution in [1.82, 2.24) is 14.7 Å². The highest BCUT2D eigenvalue weighted by atomic mass is 35.5. The Bertz CT molecular complexity index is 955. The monoisotopic (exact) mass is 478 g/mol. The summed E-state index contributed by atoms with van der Waals surface area (Å²) in [5.74, 6) is -0.188. The summed E-state index contributed by atoms with van der Waals surface area (Å²) in [7, 11) is 1.53. The molecular formula is C20H23Cl2F3N4O2. The molecule has 1 amide bonds. The van der Waals surface area contributed by atoms with Crippen LogP contribution in [0.1, 0.15) is 31.2 Å². The van der Waals surface area contributed by atoms with Crippen molar-refractivity contribution < 1.29 is 22.7 Å². The number of benzene rings is 1. The maximum absolute atomic E-state index is 13.5. The molecule has 0 aliphatic carbocycles. The van der Waals surface area contributed by atoms with Gasteiger partial charge in [-0.1, -0.05) is 37.0 Å². The number of methoxy groups -OCH3 is 1. The molecule has 0 saturated carbocycles. The molecule has 0 atom stereocenters. The molecule has 2 aromatic rings. The van der Waals surface area contributed by atoms with Crippen molar-refractivity contribution in [2.24, 2.45) is 0 Å². The first-order valence-electron chi connectivity index (χ1n) is 9.72. The predicted octanol–water partition coefficient (Wildman–Crippen LogP) is 4.69. The van der Waals surface area contributed by atoms with Crippen molar-refractivity contribution in [1.29, 1.82) is 0 Å². The van der Waals surface area contributed by atoms with Gasteiger partial charge in [-0.05, 0) is 18.1 Å². The Kier molecular flexibility index (Phi) is 6.95. The van der Waals surface area contributed by atoms with E-state index in [1.54, 1.807) is 19.9 Å². The molecule has 31 heavy (non-hydrogen) atoms. The van der Waals surface area contributed by atoms with Gasteiger partial charge in [-0.2, -0.15) is 18.3 Å². The number of hydrogen-bond donors (Lipinski definition) is 0. The number of nitrogens with zero attached hydrogens (tertiary/aromatic N) is 4. The Labute approximate surface area is 188 Å². The van der Waals surface area contributed by atoms with Crippen LogP contribution in [0.2, 0.25) is 10.0 Å². The number of anilines is 1. The standard InChI is InChI=1S/C20H23Cl2F3N4O2/c1-12(2)18-17(22)19(20(23,24)25)29(26-18)11-16(30)28-8-6-27(7-9-28)13-4-5-14(21)15(10-13)31-3/h4-5,10,12H,6-9,11H2,1-3H3. The first-order chi connectivity index (χ1) is 14.5. The van der Waals surface area contributed by atoms with Gasteiger partial charge in [0.25, 0.3) is 0 Å². The van der Waals surface area contributed by atoms with E-state index in [9.17, 15) is 18.0 Å². The van der Waals surface area contributed by atoms with E-state index in [0.29, 0.717) is 41.6 Å². The molecule has 0 unspecified atom stereocenters.